The van der Waals surface area contributed by atoms with Gasteiger partial charge in [0.15, 0.2) is 0 Å². The van der Waals surface area contributed by atoms with Gasteiger partial charge in [0.1, 0.15) is 0 Å². The number of carbonyl (C=O) groups is 1. The van der Waals surface area contributed by atoms with Gasteiger partial charge in [-0.25, -0.2) is 0 Å². The number of nitrogens with one attached hydrogen (secondary N) is 2. The minimum absolute atomic E-state index is 0.0228. The maximum atomic E-state index is 13.4. The number of carbonyl (C=O) groups excluding carboxylic acids is 1. The number of hydrogen-bond donors (Lipinski definition) is 2. The number of anilines is 1. The van der Waals surface area contributed by atoms with Crippen molar-refractivity contribution in [3.8, 4) is 0 Å². The van der Waals surface area contributed by atoms with Gasteiger partial charge in [0.25, 0.3) is 5.91 Å². The van der Waals surface area contributed by atoms with Crippen LogP contribution in [-0.4, -0.2) is 34.4 Å². The first kappa shape index (κ1) is 19.9. The first-order chi connectivity index (χ1) is 13.5. The molecule has 2 aromatic rings. The Kier molecular flexibility index (Phi) is 6.34. The van der Waals surface area contributed by atoms with Crippen molar-refractivity contribution in [1.29, 1.82) is 0 Å². The Labute approximate surface area is 167 Å². The van der Waals surface area contributed by atoms with Crippen molar-refractivity contribution in [2.75, 3.05) is 18.9 Å². The fourth-order valence-corrected chi connectivity index (χ4v) is 3.76. The predicted octanol–water partition coefficient (Wildman–Crippen LogP) is 4.87. The molecule has 148 valence electrons. The van der Waals surface area contributed by atoms with Crippen LogP contribution in [0.25, 0.3) is 0 Å². The van der Waals surface area contributed by atoms with E-state index in [1.54, 1.807) is 0 Å². The second kappa shape index (κ2) is 8.91. The van der Waals surface area contributed by atoms with Crippen LogP contribution in [0.1, 0.15) is 58.3 Å². The fourth-order valence-electron chi connectivity index (χ4n) is 3.76. The normalized spacial score (nSPS) is 16.4. The SMILES string of the molecule is CNc1ccccc1C(=O)N1CCCC[C@H]1c1cc[nH]c(C)cc(C)c(C)n1. The second-order valence-corrected chi connectivity index (χ2v) is 7.42. The van der Waals surface area contributed by atoms with Crippen LogP contribution in [0.5, 0.6) is 0 Å². The number of aryl methyl sites for hydroxylation is 3. The number of rotatable bonds is 3. The van der Waals surface area contributed by atoms with Crippen LogP contribution >= 0.6 is 0 Å². The Morgan fingerprint density at radius 2 is 1.96 bits per heavy atom. The monoisotopic (exact) mass is 378 g/mol. The van der Waals surface area contributed by atoms with Crippen LogP contribution in [0.3, 0.4) is 0 Å². The van der Waals surface area contributed by atoms with Gasteiger partial charge in [0.2, 0.25) is 0 Å². The molecule has 0 saturated carbocycles. The third-order valence-electron chi connectivity index (χ3n) is 5.40. The molecule has 1 aromatic carbocycles. The molecule has 5 heteroatoms. The average Bonchev–Trinajstić information content (AvgIpc) is 2.77. The summed E-state index contributed by atoms with van der Waals surface area (Å²) >= 11 is 0. The van der Waals surface area contributed by atoms with Gasteiger partial charge in [-0.3, -0.25) is 9.78 Å². The highest BCUT2D eigenvalue weighted by Gasteiger charge is 2.30. The largest absolute Gasteiger partial charge is 0.387 e. The first-order valence-electron chi connectivity index (χ1n) is 9.96. The number of nitrogens with zero attached hydrogens (tertiary/aromatic N) is 2. The van der Waals surface area contributed by atoms with E-state index in [4.69, 9.17) is 4.98 Å². The summed E-state index contributed by atoms with van der Waals surface area (Å²) in [6.07, 6.45) is 4.97. The minimum atomic E-state index is -0.0228. The maximum Gasteiger partial charge on any atom is 0.256 e. The molecule has 5 nitrogen and oxygen atoms in total. The molecule has 1 aliphatic heterocycles. The third kappa shape index (κ3) is 4.35. The molecule has 1 amide bonds. The Morgan fingerprint density at radius 3 is 2.75 bits per heavy atom. The Hall–Kier alpha value is -2.82. The van der Waals surface area contributed by atoms with Gasteiger partial charge in [-0.2, -0.15) is 0 Å². The van der Waals surface area contributed by atoms with Crippen LogP contribution in [0.15, 0.2) is 42.6 Å². The lowest BCUT2D eigenvalue weighted by Gasteiger charge is -2.35. The van der Waals surface area contributed by atoms with Crippen molar-refractivity contribution in [3.63, 3.8) is 0 Å². The number of para-hydroxylation sites is 1. The van der Waals surface area contributed by atoms with Gasteiger partial charge in [0, 0.05) is 36.9 Å². The minimum Gasteiger partial charge on any atom is -0.387 e. The Bertz CT molecular complexity index is 901. The maximum absolute atomic E-state index is 13.4. The number of amides is 1. The number of hydrogen-bond acceptors (Lipinski definition) is 3. The fraction of sp³-hybridized carbons (Fsp3) is 0.391. The number of piperidine rings is 1. The zero-order valence-electron chi connectivity index (χ0n) is 17.2. The van der Waals surface area contributed by atoms with Crippen molar-refractivity contribution in [1.82, 2.24) is 14.9 Å². The summed E-state index contributed by atoms with van der Waals surface area (Å²) in [6, 6.07) is 11.8. The molecule has 1 fully saturated rings. The number of aromatic nitrogens is 2. The molecule has 0 aliphatic carbocycles. The topological polar surface area (TPSA) is 61.0 Å². The molecule has 1 aromatic heterocycles. The first-order valence-corrected chi connectivity index (χ1v) is 9.96. The highest BCUT2D eigenvalue weighted by Crippen LogP contribution is 2.32. The van der Waals surface area contributed by atoms with Crippen LogP contribution < -0.4 is 5.32 Å². The molecule has 2 heterocycles. The van der Waals surface area contributed by atoms with Crippen molar-refractivity contribution >= 4 is 11.6 Å². The highest BCUT2D eigenvalue weighted by atomic mass is 16.2. The molecule has 3 rings (SSSR count). The Balaban J connectivity index is 2.05. The van der Waals surface area contributed by atoms with Gasteiger partial charge in [0.05, 0.1) is 17.3 Å². The molecule has 0 spiro atoms. The highest BCUT2D eigenvalue weighted by molar-refractivity contribution is 5.99. The van der Waals surface area contributed by atoms with Gasteiger partial charge in [-0.15, -0.1) is 0 Å². The molecule has 0 bridgehead atoms. The summed E-state index contributed by atoms with van der Waals surface area (Å²) in [4.78, 5) is 23.6. The summed E-state index contributed by atoms with van der Waals surface area (Å²) in [6.45, 7) is 6.89. The molecule has 0 unspecified atom stereocenters. The average molecular weight is 379 g/mol. The van der Waals surface area contributed by atoms with Gasteiger partial charge in [-0.05, 0) is 69.9 Å². The van der Waals surface area contributed by atoms with E-state index in [0.29, 0.717) is 5.56 Å². The molecule has 1 aliphatic rings. The van der Waals surface area contributed by atoms with E-state index < -0.39 is 0 Å². The van der Waals surface area contributed by atoms with Crippen molar-refractivity contribution < 1.29 is 4.79 Å². The predicted molar refractivity (Wildman–Crippen MR) is 114 cm³/mol. The van der Waals surface area contributed by atoms with E-state index in [1.807, 2.05) is 62.3 Å². The molecular weight excluding hydrogens is 348 g/mol. The number of H-pyrrole nitrogens is 1. The van der Waals surface area contributed by atoms with E-state index in [-0.39, 0.29) is 11.9 Å². The standard InChI is InChI=1S/C23H30N4O/c1-16-15-17(2)25-13-12-21(26-18(16)3)22-11-7-8-14-27(22)23(28)19-9-5-6-10-20(19)24-4/h5-6,9-10,12-13,15,22,24-25H,7-8,11,14H2,1-4H3/t22-/m0/s1. The number of aromatic amines is 1. The molecule has 2 N–H and O–H groups in total. The lowest BCUT2D eigenvalue weighted by molar-refractivity contribution is 0.0607. The lowest BCUT2D eigenvalue weighted by Crippen LogP contribution is -2.39. The van der Waals surface area contributed by atoms with E-state index in [2.05, 4.69) is 23.3 Å². The second-order valence-electron chi connectivity index (χ2n) is 7.42. The van der Waals surface area contributed by atoms with Crippen molar-refractivity contribution in [2.24, 2.45) is 0 Å². The van der Waals surface area contributed by atoms with Crippen LogP contribution in [0, 0.1) is 20.8 Å². The molecule has 1 atom stereocenters. The van der Waals surface area contributed by atoms with E-state index in [0.717, 1.165) is 54.1 Å². The molecule has 1 saturated heterocycles. The third-order valence-corrected chi connectivity index (χ3v) is 5.40. The molecular formula is C23H30N4O. The van der Waals surface area contributed by atoms with Crippen molar-refractivity contribution in [2.45, 2.75) is 46.1 Å². The quantitative estimate of drug-likeness (QED) is 0.801. The summed E-state index contributed by atoms with van der Waals surface area (Å²) in [5.41, 5.74) is 5.68. The van der Waals surface area contributed by atoms with Crippen LogP contribution in [-0.2, 0) is 0 Å². The molecule has 28 heavy (non-hydrogen) atoms. The van der Waals surface area contributed by atoms with E-state index in [9.17, 15) is 4.79 Å². The number of likely N-dealkylation sites (tertiary alicyclic amines) is 1. The molecule has 0 radical (unpaired) electrons. The van der Waals surface area contributed by atoms with E-state index >= 15 is 0 Å². The summed E-state index contributed by atoms with van der Waals surface area (Å²) < 4.78 is 0. The summed E-state index contributed by atoms with van der Waals surface area (Å²) in [7, 11) is 1.85. The van der Waals surface area contributed by atoms with E-state index in [1.165, 1.54) is 0 Å². The van der Waals surface area contributed by atoms with Crippen LogP contribution in [0.2, 0.25) is 0 Å². The summed E-state index contributed by atoms with van der Waals surface area (Å²) in [5, 5.41) is 3.14. The van der Waals surface area contributed by atoms with Crippen LogP contribution in [0.4, 0.5) is 5.69 Å². The zero-order chi connectivity index (χ0) is 20.1. The van der Waals surface area contributed by atoms with Gasteiger partial charge >= 0.3 is 0 Å². The summed E-state index contributed by atoms with van der Waals surface area (Å²) in [5.74, 6) is 0.0613. The number of benzene rings is 1. The zero-order valence-corrected chi connectivity index (χ0v) is 17.2. The smallest absolute Gasteiger partial charge is 0.256 e. The van der Waals surface area contributed by atoms with Gasteiger partial charge < -0.3 is 15.2 Å². The Morgan fingerprint density at radius 1 is 1.18 bits per heavy atom. The lowest BCUT2D eigenvalue weighted by atomic mass is 9.97. The van der Waals surface area contributed by atoms with Crippen molar-refractivity contribution in [3.05, 3.63) is 70.8 Å². The van der Waals surface area contributed by atoms with Gasteiger partial charge in [-0.1, -0.05) is 12.1 Å².